The number of amides is 1. The van der Waals surface area contributed by atoms with E-state index in [1.54, 1.807) is 44.3 Å². The van der Waals surface area contributed by atoms with Crippen molar-refractivity contribution in [1.29, 1.82) is 0 Å². The van der Waals surface area contributed by atoms with Crippen LogP contribution in [0.5, 0.6) is 5.75 Å². The molecule has 1 aromatic carbocycles. The Bertz CT molecular complexity index is 704. The number of hydrogen-bond donors (Lipinski definition) is 1. The van der Waals surface area contributed by atoms with E-state index in [4.69, 9.17) is 14.6 Å². The van der Waals surface area contributed by atoms with Crippen LogP contribution in [0.15, 0.2) is 35.0 Å². The summed E-state index contributed by atoms with van der Waals surface area (Å²) in [5, 5.41) is 8.64. The lowest BCUT2D eigenvalue weighted by molar-refractivity contribution is -0.121. The molecule has 2 rings (SSSR count). The number of nitrogens with zero attached hydrogens (tertiary/aromatic N) is 2. The molecule has 9 heteroatoms. The molecule has 0 spiro atoms. The zero-order chi connectivity index (χ0) is 18.9. The van der Waals surface area contributed by atoms with E-state index in [-0.39, 0.29) is 19.1 Å². The molecular formula is C17H20N2O5S2. The van der Waals surface area contributed by atoms with Gasteiger partial charge in [-0.1, -0.05) is 33.7 Å². The van der Waals surface area contributed by atoms with E-state index in [9.17, 15) is 9.59 Å². The molecule has 140 valence electrons. The molecule has 0 aromatic heterocycles. The summed E-state index contributed by atoms with van der Waals surface area (Å²) >= 11 is 0. The first-order chi connectivity index (χ1) is 12.5. The first-order valence-corrected chi connectivity index (χ1v) is 10.3. The third-order valence-corrected chi connectivity index (χ3v) is 5.67. The van der Waals surface area contributed by atoms with Crippen molar-refractivity contribution in [3.8, 4) is 5.75 Å². The lowest BCUT2D eigenvalue weighted by Crippen LogP contribution is -2.25. The molecule has 7 nitrogen and oxygen atoms in total. The van der Waals surface area contributed by atoms with Gasteiger partial charge in [0.2, 0.25) is 0 Å². The lowest BCUT2D eigenvalue weighted by atomic mass is 10.2. The maximum atomic E-state index is 12.0. The molecule has 26 heavy (non-hydrogen) atoms. The highest BCUT2D eigenvalue weighted by Crippen LogP contribution is 2.21. The van der Waals surface area contributed by atoms with Gasteiger partial charge < -0.3 is 14.6 Å². The Labute approximate surface area is 159 Å². The maximum absolute atomic E-state index is 12.0. The standard InChI is InChI=1S/C17H20N2O5S2/c1-12-18-15(16(21)19(12)2)11-13-3-5-14(6-4-13)24-17(22)23-8-10-26-25-9-7-20/h3-6,11,20H,7-10H2,1-2H3/b15-11-. The van der Waals surface area contributed by atoms with Crippen LogP contribution in [0.1, 0.15) is 12.5 Å². The van der Waals surface area contributed by atoms with Crippen LogP contribution in [-0.2, 0) is 9.53 Å². The van der Waals surface area contributed by atoms with E-state index in [1.165, 1.54) is 26.5 Å². The van der Waals surface area contributed by atoms with Crippen LogP contribution >= 0.6 is 21.6 Å². The van der Waals surface area contributed by atoms with Crippen molar-refractivity contribution in [2.75, 3.05) is 31.8 Å². The number of aliphatic hydroxyl groups is 1. The zero-order valence-corrected chi connectivity index (χ0v) is 16.1. The van der Waals surface area contributed by atoms with Gasteiger partial charge in [0.05, 0.1) is 6.61 Å². The molecule has 1 amide bonds. The largest absolute Gasteiger partial charge is 0.513 e. The molecule has 1 aliphatic heterocycles. The first-order valence-electron chi connectivity index (χ1n) is 7.86. The van der Waals surface area contributed by atoms with Crippen molar-refractivity contribution in [1.82, 2.24) is 4.90 Å². The Morgan fingerprint density at radius 1 is 1.27 bits per heavy atom. The Morgan fingerprint density at radius 2 is 1.96 bits per heavy atom. The highest BCUT2D eigenvalue weighted by molar-refractivity contribution is 8.76. The SMILES string of the molecule is CC1=N/C(=C\c2ccc(OC(=O)OCCSSCCO)cc2)C(=O)N1C. The number of aliphatic hydroxyl groups excluding tert-OH is 1. The van der Waals surface area contributed by atoms with Crippen LogP contribution in [0.2, 0.25) is 0 Å². The smallest absolute Gasteiger partial charge is 0.433 e. The average molecular weight is 396 g/mol. The highest BCUT2D eigenvalue weighted by Gasteiger charge is 2.23. The van der Waals surface area contributed by atoms with Crippen molar-refractivity contribution < 1.29 is 24.2 Å². The van der Waals surface area contributed by atoms with Crippen molar-refractivity contribution in [2.24, 2.45) is 4.99 Å². The molecule has 0 bridgehead atoms. The van der Waals surface area contributed by atoms with Crippen molar-refractivity contribution in [3.05, 3.63) is 35.5 Å². The van der Waals surface area contributed by atoms with Gasteiger partial charge in [0.15, 0.2) is 0 Å². The van der Waals surface area contributed by atoms with Gasteiger partial charge in [-0.25, -0.2) is 9.79 Å². The molecule has 1 N–H and O–H groups in total. The van der Waals surface area contributed by atoms with Crippen molar-refractivity contribution in [3.63, 3.8) is 0 Å². The molecular weight excluding hydrogens is 376 g/mol. The van der Waals surface area contributed by atoms with Crippen molar-refractivity contribution in [2.45, 2.75) is 6.92 Å². The maximum Gasteiger partial charge on any atom is 0.513 e. The summed E-state index contributed by atoms with van der Waals surface area (Å²) in [6.45, 7) is 2.13. The molecule has 1 aliphatic rings. The van der Waals surface area contributed by atoms with Gasteiger partial charge in [0, 0.05) is 18.6 Å². The minimum Gasteiger partial charge on any atom is -0.433 e. The number of hydrogen-bond acceptors (Lipinski definition) is 8. The third kappa shape index (κ3) is 6.08. The molecule has 0 aliphatic carbocycles. The lowest BCUT2D eigenvalue weighted by Gasteiger charge is -2.06. The number of rotatable bonds is 8. The van der Waals surface area contributed by atoms with E-state index in [0.717, 1.165) is 5.56 Å². The zero-order valence-electron chi connectivity index (χ0n) is 14.5. The van der Waals surface area contributed by atoms with Crippen LogP contribution in [0.25, 0.3) is 6.08 Å². The predicted molar refractivity (Wildman–Crippen MR) is 104 cm³/mol. The average Bonchev–Trinajstić information content (AvgIpc) is 2.86. The summed E-state index contributed by atoms with van der Waals surface area (Å²) in [5.41, 5.74) is 1.15. The quantitative estimate of drug-likeness (QED) is 0.238. The fourth-order valence-electron chi connectivity index (χ4n) is 1.94. The van der Waals surface area contributed by atoms with E-state index in [2.05, 4.69) is 4.99 Å². The molecule has 0 radical (unpaired) electrons. The fraction of sp³-hybridized carbons (Fsp3) is 0.353. The van der Waals surface area contributed by atoms with Gasteiger partial charge in [-0.05, 0) is 30.7 Å². The monoisotopic (exact) mass is 396 g/mol. The van der Waals surface area contributed by atoms with E-state index in [0.29, 0.717) is 28.8 Å². The molecule has 0 fully saturated rings. The molecule has 1 heterocycles. The van der Waals surface area contributed by atoms with E-state index >= 15 is 0 Å². The summed E-state index contributed by atoms with van der Waals surface area (Å²) < 4.78 is 10.0. The number of aliphatic imine (C=N–C) groups is 1. The Balaban J connectivity index is 1.80. The number of amidine groups is 1. The normalized spacial score (nSPS) is 15.3. The number of likely N-dealkylation sites (N-methyl/N-ethyl adjacent to an activating group) is 1. The second kappa shape index (κ2) is 10.2. The van der Waals surface area contributed by atoms with E-state index in [1.807, 2.05) is 0 Å². The third-order valence-electron chi connectivity index (χ3n) is 3.32. The molecule has 0 saturated heterocycles. The summed E-state index contributed by atoms with van der Waals surface area (Å²) in [4.78, 5) is 29.3. The number of ether oxygens (including phenoxy) is 2. The predicted octanol–water partition coefficient (Wildman–Crippen LogP) is 2.81. The summed E-state index contributed by atoms with van der Waals surface area (Å²) in [6, 6.07) is 6.71. The number of carbonyl (C=O) groups excluding carboxylic acids is 2. The number of benzene rings is 1. The van der Waals surface area contributed by atoms with Gasteiger partial charge in [-0.2, -0.15) is 0 Å². The highest BCUT2D eigenvalue weighted by atomic mass is 33.1. The summed E-state index contributed by atoms with van der Waals surface area (Å²) in [5.74, 6) is 2.12. The van der Waals surface area contributed by atoms with Gasteiger partial charge in [0.1, 0.15) is 23.9 Å². The van der Waals surface area contributed by atoms with Crippen LogP contribution in [0.4, 0.5) is 4.79 Å². The number of carbonyl (C=O) groups is 2. The Hall–Kier alpha value is -1.97. The van der Waals surface area contributed by atoms with Crippen LogP contribution in [-0.4, -0.2) is 59.7 Å². The van der Waals surface area contributed by atoms with Gasteiger partial charge in [0.25, 0.3) is 5.91 Å². The molecule has 0 atom stereocenters. The molecule has 0 saturated carbocycles. The minimum atomic E-state index is -0.767. The molecule has 0 unspecified atom stereocenters. The summed E-state index contributed by atoms with van der Waals surface area (Å²) in [7, 11) is 4.71. The van der Waals surface area contributed by atoms with E-state index < -0.39 is 6.16 Å². The topological polar surface area (TPSA) is 88.4 Å². The second-order valence-corrected chi connectivity index (χ2v) is 7.89. The van der Waals surface area contributed by atoms with Gasteiger partial charge >= 0.3 is 6.16 Å². The van der Waals surface area contributed by atoms with Crippen LogP contribution in [0.3, 0.4) is 0 Å². The second-order valence-electron chi connectivity index (χ2n) is 5.19. The van der Waals surface area contributed by atoms with Gasteiger partial charge in [-0.3, -0.25) is 9.69 Å². The Kier molecular flexibility index (Phi) is 8.02. The van der Waals surface area contributed by atoms with Gasteiger partial charge in [-0.15, -0.1) is 0 Å². The van der Waals surface area contributed by atoms with Crippen LogP contribution in [0, 0.1) is 0 Å². The van der Waals surface area contributed by atoms with Crippen molar-refractivity contribution >= 4 is 45.6 Å². The fourth-order valence-corrected chi connectivity index (χ4v) is 3.54. The first kappa shape index (κ1) is 20.3. The minimum absolute atomic E-state index is 0.129. The summed E-state index contributed by atoms with van der Waals surface area (Å²) in [6.07, 6.45) is 0.912. The van der Waals surface area contributed by atoms with Crippen LogP contribution < -0.4 is 4.74 Å². The Morgan fingerprint density at radius 3 is 2.58 bits per heavy atom. The molecule has 1 aromatic rings.